The van der Waals surface area contributed by atoms with Gasteiger partial charge in [0.2, 0.25) is 0 Å². The molecule has 0 amide bonds. The van der Waals surface area contributed by atoms with Crippen LogP contribution in [0.25, 0.3) is 10.9 Å². The standard InChI is InChI=1S/C14H14N4S/c1-9-13(19-8-18-9)7-17-14-10-4-2-3-5-12(10)16-6-11(14)15/h2-6,8H,7,15H2,1H3,(H,16,17). The summed E-state index contributed by atoms with van der Waals surface area (Å²) in [6.07, 6.45) is 1.70. The van der Waals surface area contributed by atoms with Gasteiger partial charge in [-0.15, -0.1) is 11.3 Å². The number of hydrogen-bond donors (Lipinski definition) is 2. The number of nitrogens with zero attached hydrogens (tertiary/aromatic N) is 2. The predicted octanol–water partition coefficient (Wildman–Crippen LogP) is 3.19. The van der Waals surface area contributed by atoms with E-state index in [1.165, 1.54) is 4.88 Å². The summed E-state index contributed by atoms with van der Waals surface area (Å²) in [6, 6.07) is 7.98. The second kappa shape index (κ2) is 4.85. The number of fused-ring (bicyclic) bond motifs is 1. The van der Waals surface area contributed by atoms with E-state index >= 15 is 0 Å². The minimum absolute atomic E-state index is 0.667. The topological polar surface area (TPSA) is 63.8 Å². The molecule has 0 aliphatic rings. The first-order valence-corrected chi connectivity index (χ1v) is 6.89. The van der Waals surface area contributed by atoms with Gasteiger partial charge in [0.1, 0.15) is 0 Å². The lowest BCUT2D eigenvalue weighted by Crippen LogP contribution is -2.03. The monoisotopic (exact) mass is 270 g/mol. The number of anilines is 2. The fourth-order valence-corrected chi connectivity index (χ4v) is 2.74. The van der Waals surface area contributed by atoms with Crippen LogP contribution in [-0.2, 0) is 6.54 Å². The molecule has 19 heavy (non-hydrogen) atoms. The molecule has 2 heterocycles. The largest absolute Gasteiger partial charge is 0.396 e. The number of pyridine rings is 1. The van der Waals surface area contributed by atoms with E-state index < -0.39 is 0 Å². The molecule has 0 fully saturated rings. The third kappa shape index (κ3) is 2.24. The maximum absolute atomic E-state index is 6.03. The molecule has 2 aromatic heterocycles. The number of hydrogen-bond acceptors (Lipinski definition) is 5. The van der Waals surface area contributed by atoms with E-state index in [0.29, 0.717) is 5.69 Å². The first-order chi connectivity index (χ1) is 9.25. The summed E-state index contributed by atoms with van der Waals surface area (Å²) < 4.78 is 0. The van der Waals surface area contributed by atoms with Crippen molar-refractivity contribution < 1.29 is 0 Å². The minimum atomic E-state index is 0.667. The fraction of sp³-hybridized carbons (Fsp3) is 0.143. The molecule has 0 atom stereocenters. The van der Waals surface area contributed by atoms with Crippen molar-refractivity contribution in [3.05, 3.63) is 46.5 Å². The fourth-order valence-electron chi connectivity index (χ4n) is 2.02. The molecular formula is C14H14N4S. The summed E-state index contributed by atoms with van der Waals surface area (Å²) in [5.41, 5.74) is 11.5. The highest BCUT2D eigenvalue weighted by molar-refractivity contribution is 7.09. The lowest BCUT2D eigenvalue weighted by Gasteiger charge is -2.11. The Morgan fingerprint density at radius 1 is 1.26 bits per heavy atom. The van der Waals surface area contributed by atoms with Crippen molar-refractivity contribution in [3.8, 4) is 0 Å². The van der Waals surface area contributed by atoms with E-state index in [0.717, 1.165) is 28.8 Å². The number of rotatable bonds is 3. The van der Waals surface area contributed by atoms with Crippen molar-refractivity contribution in [2.45, 2.75) is 13.5 Å². The molecule has 0 radical (unpaired) electrons. The molecule has 0 bridgehead atoms. The maximum Gasteiger partial charge on any atom is 0.0798 e. The third-order valence-electron chi connectivity index (χ3n) is 3.08. The summed E-state index contributed by atoms with van der Waals surface area (Å²) in [7, 11) is 0. The van der Waals surface area contributed by atoms with E-state index in [9.17, 15) is 0 Å². The van der Waals surface area contributed by atoms with Crippen LogP contribution in [0, 0.1) is 6.92 Å². The highest BCUT2D eigenvalue weighted by Crippen LogP contribution is 2.28. The van der Waals surface area contributed by atoms with Crippen molar-refractivity contribution in [3.63, 3.8) is 0 Å². The summed E-state index contributed by atoms with van der Waals surface area (Å²) in [6.45, 7) is 2.75. The molecule has 0 spiro atoms. The maximum atomic E-state index is 6.03. The molecule has 0 saturated carbocycles. The van der Waals surface area contributed by atoms with E-state index in [1.807, 2.05) is 36.7 Å². The molecule has 4 nitrogen and oxygen atoms in total. The molecule has 0 aliphatic carbocycles. The quantitative estimate of drug-likeness (QED) is 0.767. The molecule has 3 N–H and O–H groups in total. The van der Waals surface area contributed by atoms with Crippen LogP contribution in [-0.4, -0.2) is 9.97 Å². The van der Waals surface area contributed by atoms with Crippen LogP contribution >= 0.6 is 11.3 Å². The Morgan fingerprint density at radius 2 is 2.11 bits per heavy atom. The van der Waals surface area contributed by atoms with E-state index in [2.05, 4.69) is 15.3 Å². The number of benzene rings is 1. The normalized spacial score (nSPS) is 10.8. The molecular weight excluding hydrogens is 256 g/mol. The van der Waals surface area contributed by atoms with Gasteiger partial charge in [0.25, 0.3) is 0 Å². The minimum Gasteiger partial charge on any atom is -0.396 e. The summed E-state index contributed by atoms with van der Waals surface area (Å²) in [5.74, 6) is 0. The Hall–Kier alpha value is -2.14. The van der Waals surface area contributed by atoms with Crippen LogP contribution in [0.3, 0.4) is 0 Å². The molecule has 1 aromatic carbocycles. The van der Waals surface area contributed by atoms with Gasteiger partial charge in [0.15, 0.2) is 0 Å². The van der Waals surface area contributed by atoms with Crippen LogP contribution < -0.4 is 11.1 Å². The zero-order valence-corrected chi connectivity index (χ0v) is 11.4. The SMILES string of the molecule is Cc1ncsc1CNc1c(N)cnc2ccccc12. The zero-order valence-electron chi connectivity index (χ0n) is 10.6. The van der Waals surface area contributed by atoms with Gasteiger partial charge in [0.05, 0.1) is 40.8 Å². The van der Waals surface area contributed by atoms with E-state index in [4.69, 9.17) is 5.73 Å². The zero-order chi connectivity index (χ0) is 13.2. The smallest absolute Gasteiger partial charge is 0.0798 e. The second-order valence-corrected chi connectivity index (χ2v) is 5.26. The number of thiazole rings is 1. The van der Waals surface area contributed by atoms with Gasteiger partial charge in [-0.3, -0.25) is 4.98 Å². The summed E-state index contributed by atoms with van der Waals surface area (Å²) in [4.78, 5) is 9.80. The summed E-state index contributed by atoms with van der Waals surface area (Å²) >= 11 is 1.65. The Kier molecular flexibility index (Phi) is 3.05. The Labute approximate surface area is 115 Å². The van der Waals surface area contributed by atoms with Crippen LogP contribution in [0.5, 0.6) is 0 Å². The first kappa shape index (κ1) is 11.9. The highest BCUT2D eigenvalue weighted by atomic mass is 32.1. The predicted molar refractivity (Wildman–Crippen MR) is 80.3 cm³/mol. The highest BCUT2D eigenvalue weighted by Gasteiger charge is 2.07. The summed E-state index contributed by atoms with van der Waals surface area (Å²) in [5, 5.41) is 4.45. The van der Waals surface area contributed by atoms with Crippen molar-refractivity contribution in [2.75, 3.05) is 11.1 Å². The lowest BCUT2D eigenvalue weighted by atomic mass is 10.1. The van der Waals surface area contributed by atoms with Crippen molar-refractivity contribution >= 4 is 33.6 Å². The number of para-hydroxylation sites is 1. The molecule has 3 aromatic rings. The number of aryl methyl sites for hydroxylation is 1. The van der Waals surface area contributed by atoms with Crippen LogP contribution in [0.1, 0.15) is 10.6 Å². The van der Waals surface area contributed by atoms with Gasteiger partial charge >= 0.3 is 0 Å². The number of aromatic nitrogens is 2. The molecule has 0 unspecified atom stereocenters. The molecule has 3 rings (SSSR count). The van der Waals surface area contributed by atoms with Crippen LogP contribution in [0.15, 0.2) is 36.0 Å². The number of nitrogen functional groups attached to an aromatic ring is 1. The average Bonchev–Trinajstić information content (AvgIpc) is 2.83. The molecule has 96 valence electrons. The van der Waals surface area contributed by atoms with E-state index in [1.54, 1.807) is 17.5 Å². The van der Waals surface area contributed by atoms with Crippen LogP contribution in [0.4, 0.5) is 11.4 Å². The Morgan fingerprint density at radius 3 is 2.89 bits per heavy atom. The Balaban J connectivity index is 1.96. The molecule has 0 aliphatic heterocycles. The van der Waals surface area contributed by atoms with Crippen LogP contribution in [0.2, 0.25) is 0 Å². The number of nitrogens with two attached hydrogens (primary N) is 1. The molecule has 0 saturated heterocycles. The van der Waals surface area contributed by atoms with Gasteiger partial charge in [-0.25, -0.2) is 4.98 Å². The van der Waals surface area contributed by atoms with Crippen molar-refractivity contribution in [1.29, 1.82) is 0 Å². The second-order valence-electron chi connectivity index (χ2n) is 4.32. The van der Waals surface area contributed by atoms with Crippen molar-refractivity contribution in [1.82, 2.24) is 9.97 Å². The van der Waals surface area contributed by atoms with Gasteiger partial charge < -0.3 is 11.1 Å². The number of nitrogens with one attached hydrogen (secondary N) is 1. The third-order valence-corrected chi connectivity index (χ3v) is 4.01. The van der Waals surface area contributed by atoms with Gasteiger partial charge in [-0.05, 0) is 13.0 Å². The van der Waals surface area contributed by atoms with Gasteiger partial charge in [-0.1, -0.05) is 18.2 Å². The van der Waals surface area contributed by atoms with Gasteiger partial charge in [-0.2, -0.15) is 0 Å². The van der Waals surface area contributed by atoms with E-state index in [-0.39, 0.29) is 0 Å². The molecule has 5 heteroatoms. The Bertz CT molecular complexity index is 720. The van der Waals surface area contributed by atoms with Gasteiger partial charge in [0, 0.05) is 10.3 Å². The first-order valence-electron chi connectivity index (χ1n) is 6.02. The average molecular weight is 270 g/mol. The lowest BCUT2D eigenvalue weighted by molar-refractivity contribution is 1.12. The van der Waals surface area contributed by atoms with Crippen molar-refractivity contribution in [2.24, 2.45) is 0 Å².